The summed E-state index contributed by atoms with van der Waals surface area (Å²) in [4.78, 5) is 0. The number of hydrogen-bond acceptors (Lipinski definition) is 0. The molecule has 0 nitrogen and oxygen atoms in total. The Bertz CT molecular complexity index is 323. The van der Waals surface area contributed by atoms with Crippen LogP contribution >= 0.6 is 0 Å². The average Bonchev–Trinajstić information content (AvgIpc) is 2.62. The molecule has 1 aliphatic carbocycles. The zero-order valence-corrected chi connectivity index (χ0v) is 9.69. The van der Waals surface area contributed by atoms with Crippen molar-refractivity contribution in [2.24, 2.45) is 11.8 Å². The van der Waals surface area contributed by atoms with Crippen LogP contribution < -0.4 is 0 Å². The second-order valence-electron chi connectivity index (χ2n) is 4.78. The molecule has 1 aromatic rings. The molecule has 0 spiro atoms. The first-order chi connectivity index (χ1) is 7.31. The molecule has 0 aliphatic heterocycles. The Morgan fingerprint density at radius 3 is 2.53 bits per heavy atom. The number of allylic oxidation sites excluding steroid dienone is 2. The summed E-state index contributed by atoms with van der Waals surface area (Å²) >= 11 is 0. The van der Waals surface area contributed by atoms with E-state index in [1.165, 1.54) is 18.4 Å². The Hall–Kier alpha value is -1.04. The van der Waals surface area contributed by atoms with Crippen molar-refractivity contribution in [3.63, 3.8) is 0 Å². The van der Waals surface area contributed by atoms with E-state index in [1.807, 2.05) is 0 Å². The van der Waals surface area contributed by atoms with Crippen molar-refractivity contribution < 1.29 is 0 Å². The van der Waals surface area contributed by atoms with Gasteiger partial charge in [-0.25, -0.2) is 0 Å². The minimum atomic E-state index is 0.748. The summed E-state index contributed by atoms with van der Waals surface area (Å²) in [5.74, 6) is 2.38. The number of hydrogen-bond donors (Lipinski definition) is 0. The molecular formula is C15H20. The number of rotatable bonds is 2. The lowest BCUT2D eigenvalue weighted by atomic mass is 9.89. The minimum Gasteiger partial charge on any atom is -0.0914 e. The second-order valence-corrected chi connectivity index (χ2v) is 4.78. The van der Waals surface area contributed by atoms with Crippen LogP contribution in [-0.2, 0) is 0 Å². The summed E-state index contributed by atoms with van der Waals surface area (Å²) in [6.45, 7) is 4.50. The van der Waals surface area contributed by atoms with Crippen molar-refractivity contribution in [3.8, 4) is 0 Å². The molecule has 1 aromatic carbocycles. The Labute approximate surface area is 93.0 Å². The van der Waals surface area contributed by atoms with Gasteiger partial charge < -0.3 is 0 Å². The summed E-state index contributed by atoms with van der Waals surface area (Å²) in [5, 5.41) is 0. The highest BCUT2D eigenvalue weighted by Gasteiger charge is 2.30. The molecule has 0 amide bonds. The van der Waals surface area contributed by atoms with Crippen LogP contribution in [0.3, 0.4) is 0 Å². The normalized spacial score (nSPS) is 31.2. The van der Waals surface area contributed by atoms with Crippen molar-refractivity contribution >= 4 is 0 Å². The zero-order valence-electron chi connectivity index (χ0n) is 9.69. The summed E-state index contributed by atoms with van der Waals surface area (Å²) in [7, 11) is 0. The predicted molar refractivity (Wildman–Crippen MR) is 65.9 cm³/mol. The first-order valence-corrected chi connectivity index (χ1v) is 5.99. The molecule has 0 radical (unpaired) electrons. The van der Waals surface area contributed by atoms with E-state index in [0.29, 0.717) is 0 Å². The second kappa shape index (κ2) is 4.65. The quantitative estimate of drug-likeness (QED) is 0.621. The lowest BCUT2D eigenvalue weighted by Crippen LogP contribution is -2.02. The summed E-state index contributed by atoms with van der Waals surface area (Å²) in [5.41, 5.74) is 1.52. The third-order valence-corrected chi connectivity index (χ3v) is 3.52. The van der Waals surface area contributed by atoms with E-state index >= 15 is 0 Å². The highest BCUT2D eigenvalue weighted by molar-refractivity contribution is 5.23. The highest BCUT2D eigenvalue weighted by atomic mass is 14.3. The van der Waals surface area contributed by atoms with Crippen LogP contribution in [0, 0.1) is 11.8 Å². The van der Waals surface area contributed by atoms with Gasteiger partial charge in [0, 0.05) is 0 Å². The van der Waals surface area contributed by atoms with Crippen LogP contribution in [0.25, 0.3) is 0 Å². The molecular weight excluding hydrogens is 180 g/mol. The average molecular weight is 200 g/mol. The van der Waals surface area contributed by atoms with Gasteiger partial charge >= 0.3 is 0 Å². The molecule has 1 saturated carbocycles. The summed E-state index contributed by atoms with van der Waals surface area (Å²) in [6, 6.07) is 11.0. The van der Waals surface area contributed by atoms with E-state index in [2.05, 4.69) is 56.3 Å². The van der Waals surface area contributed by atoms with E-state index in [4.69, 9.17) is 0 Å². The van der Waals surface area contributed by atoms with Crippen molar-refractivity contribution in [1.82, 2.24) is 0 Å². The van der Waals surface area contributed by atoms with Gasteiger partial charge in [-0.2, -0.15) is 0 Å². The van der Waals surface area contributed by atoms with Gasteiger partial charge in [-0.15, -0.1) is 0 Å². The van der Waals surface area contributed by atoms with Crippen LogP contribution in [0.5, 0.6) is 0 Å². The Balaban J connectivity index is 2.20. The molecule has 1 fully saturated rings. The van der Waals surface area contributed by atoms with Gasteiger partial charge in [0.25, 0.3) is 0 Å². The molecule has 1 aliphatic rings. The van der Waals surface area contributed by atoms with Crippen LogP contribution in [0.15, 0.2) is 42.5 Å². The molecule has 80 valence electrons. The fourth-order valence-electron chi connectivity index (χ4n) is 2.88. The predicted octanol–water partition coefficient (Wildman–Crippen LogP) is 4.39. The maximum atomic E-state index is 2.39. The molecule has 0 saturated heterocycles. The SMILES string of the molecule is C/C=C/C1CC(C)CC1c1ccccc1. The molecule has 0 bridgehead atoms. The molecule has 0 N–H and O–H groups in total. The molecule has 0 heterocycles. The fraction of sp³-hybridized carbons (Fsp3) is 0.467. The van der Waals surface area contributed by atoms with Crippen molar-refractivity contribution in [3.05, 3.63) is 48.0 Å². The van der Waals surface area contributed by atoms with Crippen LogP contribution in [-0.4, -0.2) is 0 Å². The highest BCUT2D eigenvalue weighted by Crippen LogP contribution is 2.43. The largest absolute Gasteiger partial charge is 0.0914 e. The third-order valence-electron chi connectivity index (χ3n) is 3.52. The van der Waals surface area contributed by atoms with Gasteiger partial charge in [-0.05, 0) is 43.1 Å². The first-order valence-electron chi connectivity index (χ1n) is 5.99. The van der Waals surface area contributed by atoms with E-state index in [1.54, 1.807) is 0 Å². The van der Waals surface area contributed by atoms with E-state index in [0.717, 1.165) is 17.8 Å². The van der Waals surface area contributed by atoms with E-state index in [-0.39, 0.29) is 0 Å². The lowest BCUT2D eigenvalue weighted by Gasteiger charge is -2.16. The maximum Gasteiger partial charge on any atom is -0.00964 e. The zero-order chi connectivity index (χ0) is 10.7. The van der Waals surface area contributed by atoms with Crippen LogP contribution in [0.2, 0.25) is 0 Å². The van der Waals surface area contributed by atoms with Crippen molar-refractivity contribution in [2.45, 2.75) is 32.6 Å². The standard InChI is InChI=1S/C15H20/c1-3-7-14-10-12(2)11-15(14)13-8-5-4-6-9-13/h3-9,12,14-15H,10-11H2,1-2H3/b7-3+. The molecule has 0 aromatic heterocycles. The minimum absolute atomic E-state index is 0.748. The first kappa shape index (κ1) is 10.5. The van der Waals surface area contributed by atoms with Crippen LogP contribution in [0.4, 0.5) is 0 Å². The third kappa shape index (κ3) is 2.31. The smallest absolute Gasteiger partial charge is 0.00964 e. The van der Waals surface area contributed by atoms with Gasteiger partial charge in [-0.3, -0.25) is 0 Å². The van der Waals surface area contributed by atoms with Crippen molar-refractivity contribution in [2.75, 3.05) is 0 Å². The maximum absolute atomic E-state index is 2.39. The van der Waals surface area contributed by atoms with E-state index in [9.17, 15) is 0 Å². The van der Waals surface area contributed by atoms with Gasteiger partial charge in [0.15, 0.2) is 0 Å². The van der Waals surface area contributed by atoms with Gasteiger partial charge in [0.2, 0.25) is 0 Å². The van der Waals surface area contributed by atoms with Crippen molar-refractivity contribution in [1.29, 1.82) is 0 Å². The van der Waals surface area contributed by atoms with E-state index < -0.39 is 0 Å². The lowest BCUT2D eigenvalue weighted by molar-refractivity contribution is 0.581. The monoisotopic (exact) mass is 200 g/mol. The molecule has 3 atom stereocenters. The summed E-state index contributed by atoms with van der Waals surface area (Å²) < 4.78 is 0. The number of benzene rings is 1. The van der Waals surface area contributed by atoms with Gasteiger partial charge in [-0.1, -0.05) is 49.4 Å². The van der Waals surface area contributed by atoms with Crippen LogP contribution in [0.1, 0.15) is 38.2 Å². The molecule has 2 rings (SSSR count). The van der Waals surface area contributed by atoms with Gasteiger partial charge in [0.1, 0.15) is 0 Å². The molecule has 3 unspecified atom stereocenters. The topological polar surface area (TPSA) is 0 Å². The molecule has 15 heavy (non-hydrogen) atoms. The summed E-state index contributed by atoms with van der Waals surface area (Å²) in [6.07, 6.45) is 7.29. The molecule has 0 heteroatoms. The Kier molecular flexibility index (Phi) is 3.25. The van der Waals surface area contributed by atoms with Gasteiger partial charge in [0.05, 0.1) is 0 Å². The fourth-order valence-corrected chi connectivity index (χ4v) is 2.88. The Morgan fingerprint density at radius 1 is 1.13 bits per heavy atom. The Morgan fingerprint density at radius 2 is 1.87 bits per heavy atom.